The molecule has 186 valence electrons. The van der Waals surface area contributed by atoms with Gasteiger partial charge in [0, 0.05) is 25.3 Å². The molecule has 3 rings (SSSR count). The van der Waals surface area contributed by atoms with Crippen LogP contribution in [0.5, 0.6) is 11.6 Å². The standard InChI is InChI=1S/C26H36N2O6/c1-19-6-10-26(11-7-19,17-33-18-30)28-24(31)22-15-23(25(32-2)27-16-22)34-13-9-21-5-3-4-20(14-21)8-12-29/h3-5,14-16,19,29-30H,6-13,17-18H2,1-2H3,(H,28,31). The number of hydrogen-bond acceptors (Lipinski definition) is 7. The molecular formula is C26H36N2O6. The lowest BCUT2D eigenvalue weighted by Crippen LogP contribution is -2.54. The Morgan fingerprint density at radius 2 is 1.91 bits per heavy atom. The summed E-state index contributed by atoms with van der Waals surface area (Å²) >= 11 is 0. The van der Waals surface area contributed by atoms with Gasteiger partial charge in [-0.05, 0) is 49.1 Å². The lowest BCUT2D eigenvalue weighted by atomic mass is 9.77. The number of aliphatic hydroxyl groups excluding tert-OH is 2. The van der Waals surface area contributed by atoms with Crippen molar-refractivity contribution < 1.29 is 29.2 Å². The van der Waals surface area contributed by atoms with Crippen molar-refractivity contribution in [3.8, 4) is 11.6 Å². The number of methoxy groups -OCH3 is 1. The Bertz CT molecular complexity index is 922. The number of aromatic nitrogens is 1. The number of rotatable bonds is 12. The number of hydrogen-bond donors (Lipinski definition) is 3. The van der Waals surface area contributed by atoms with Crippen molar-refractivity contribution in [3.63, 3.8) is 0 Å². The fourth-order valence-corrected chi connectivity index (χ4v) is 4.34. The quantitative estimate of drug-likeness (QED) is 0.408. The molecule has 1 aromatic heterocycles. The Kier molecular flexibility index (Phi) is 9.68. The molecule has 1 amide bonds. The van der Waals surface area contributed by atoms with Crippen molar-refractivity contribution in [2.24, 2.45) is 5.92 Å². The maximum Gasteiger partial charge on any atom is 0.256 e. The van der Waals surface area contributed by atoms with Gasteiger partial charge in [0.15, 0.2) is 5.75 Å². The maximum absolute atomic E-state index is 13.1. The van der Waals surface area contributed by atoms with Crippen LogP contribution in [-0.2, 0) is 17.6 Å². The van der Waals surface area contributed by atoms with Gasteiger partial charge in [-0.1, -0.05) is 31.2 Å². The van der Waals surface area contributed by atoms with Gasteiger partial charge in [0.05, 0.1) is 31.4 Å². The Labute approximate surface area is 201 Å². The lowest BCUT2D eigenvalue weighted by molar-refractivity contribution is -0.0390. The third kappa shape index (κ3) is 7.16. The van der Waals surface area contributed by atoms with Crippen molar-refractivity contribution >= 4 is 5.91 Å². The number of carbonyl (C=O) groups excluding carboxylic acids is 1. The lowest BCUT2D eigenvalue weighted by Gasteiger charge is -2.39. The first-order chi connectivity index (χ1) is 16.5. The minimum Gasteiger partial charge on any atom is -0.488 e. The molecular weight excluding hydrogens is 436 g/mol. The smallest absolute Gasteiger partial charge is 0.256 e. The number of amides is 1. The molecule has 8 nitrogen and oxygen atoms in total. The predicted molar refractivity (Wildman–Crippen MR) is 128 cm³/mol. The van der Waals surface area contributed by atoms with Crippen LogP contribution in [-0.4, -0.2) is 60.4 Å². The Hall–Kier alpha value is -2.68. The van der Waals surface area contributed by atoms with Gasteiger partial charge in [-0.15, -0.1) is 0 Å². The minimum absolute atomic E-state index is 0.115. The summed E-state index contributed by atoms with van der Waals surface area (Å²) in [6.45, 7) is 2.60. The molecule has 3 N–H and O–H groups in total. The first-order valence-electron chi connectivity index (χ1n) is 11.8. The summed E-state index contributed by atoms with van der Waals surface area (Å²) in [5.74, 6) is 1.06. The SMILES string of the molecule is COc1ncc(C(=O)NC2(COCO)CCC(C)CC2)cc1OCCc1cccc(CCO)c1. The van der Waals surface area contributed by atoms with Crippen molar-refractivity contribution in [1.82, 2.24) is 10.3 Å². The zero-order chi connectivity index (χ0) is 24.4. The van der Waals surface area contributed by atoms with Crippen molar-refractivity contribution in [3.05, 3.63) is 53.2 Å². The Morgan fingerprint density at radius 3 is 2.59 bits per heavy atom. The van der Waals surface area contributed by atoms with Gasteiger partial charge in [-0.25, -0.2) is 4.98 Å². The summed E-state index contributed by atoms with van der Waals surface area (Å²) in [5, 5.41) is 21.4. The second-order valence-electron chi connectivity index (χ2n) is 9.02. The highest BCUT2D eigenvalue weighted by Gasteiger charge is 2.36. The molecule has 0 atom stereocenters. The van der Waals surface area contributed by atoms with Gasteiger partial charge < -0.3 is 29.7 Å². The van der Waals surface area contributed by atoms with Crippen LogP contribution in [0.4, 0.5) is 0 Å². The number of pyridine rings is 1. The summed E-state index contributed by atoms with van der Waals surface area (Å²) in [6.07, 6.45) is 6.33. The van der Waals surface area contributed by atoms with Gasteiger partial charge in [0.2, 0.25) is 0 Å². The number of aliphatic hydroxyl groups is 2. The average Bonchev–Trinajstić information content (AvgIpc) is 2.85. The van der Waals surface area contributed by atoms with E-state index in [4.69, 9.17) is 24.4 Å². The highest BCUT2D eigenvalue weighted by Crippen LogP contribution is 2.33. The largest absolute Gasteiger partial charge is 0.488 e. The molecule has 1 saturated carbocycles. The monoisotopic (exact) mass is 472 g/mol. The van der Waals surface area contributed by atoms with Crippen LogP contribution in [0.3, 0.4) is 0 Å². The summed E-state index contributed by atoms with van der Waals surface area (Å²) in [6, 6.07) is 9.67. The molecule has 34 heavy (non-hydrogen) atoms. The van der Waals surface area contributed by atoms with Crippen molar-refractivity contribution in [2.45, 2.75) is 51.0 Å². The van der Waals surface area contributed by atoms with E-state index >= 15 is 0 Å². The van der Waals surface area contributed by atoms with E-state index in [-0.39, 0.29) is 25.9 Å². The van der Waals surface area contributed by atoms with E-state index in [0.717, 1.165) is 36.8 Å². The maximum atomic E-state index is 13.1. The highest BCUT2D eigenvalue weighted by atomic mass is 16.6. The van der Waals surface area contributed by atoms with E-state index in [9.17, 15) is 4.79 Å². The Balaban J connectivity index is 1.67. The van der Waals surface area contributed by atoms with Crippen molar-refractivity contribution in [2.75, 3.05) is 33.7 Å². The van der Waals surface area contributed by atoms with Crippen LogP contribution in [0.25, 0.3) is 0 Å². The van der Waals surface area contributed by atoms with Crippen LogP contribution >= 0.6 is 0 Å². The molecule has 0 saturated heterocycles. The molecule has 1 aliphatic carbocycles. The molecule has 0 bridgehead atoms. The third-order valence-corrected chi connectivity index (χ3v) is 6.39. The van der Waals surface area contributed by atoms with Gasteiger partial charge in [0.1, 0.15) is 6.79 Å². The molecule has 0 radical (unpaired) electrons. The summed E-state index contributed by atoms with van der Waals surface area (Å²) in [4.78, 5) is 17.4. The van der Waals surface area contributed by atoms with E-state index in [1.54, 1.807) is 6.07 Å². The van der Waals surface area contributed by atoms with E-state index in [0.29, 0.717) is 42.6 Å². The molecule has 0 aliphatic heterocycles. The van der Waals surface area contributed by atoms with E-state index in [2.05, 4.69) is 23.3 Å². The van der Waals surface area contributed by atoms with Crippen LogP contribution in [0.1, 0.15) is 54.1 Å². The van der Waals surface area contributed by atoms with Crippen LogP contribution < -0.4 is 14.8 Å². The molecule has 1 heterocycles. The fraction of sp³-hybridized carbons (Fsp3) is 0.538. The third-order valence-electron chi connectivity index (χ3n) is 6.39. The first-order valence-corrected chi connectivity index (χ1v) is 11.8. The predicted octanol–water partition coefficient (Wildman–Crippen LogP) is 2.89. The van der Waals surface area contributed by atoms with Crippen molar-refractivity contribution in [1.29, 1.82) is 0 Å². The number of carbonyl (C=O) groups is 1. The fourth-order valence-electron chi connectivity index (χ4n) is 4.34. The van der Waals surface area contributed by atoms with Crippen LogP contribution in [0, 0.1) is 5.92 Å². The molecule has 2 aromatic rings. The second-order valence-corrected chi connectivity index (χ2v) is 9.02. The molecule has 0 spiro atoms. The first kappa shape index (κ1) is 25.9. The van der Waals surface area contributed by atoms with Gasteiger partial charge in [0.25, 0.3) is 11.8 Å². The number of benzene rings is 1. The van der Waals surface area contributed by atoms with Gasteiger partial charge in [-0.2, -0.15) is 0 Å². The average molecular weight is 473 g/mol. The number of ether oxygens (including phenoxy) is 3. The van der Waals surface area contributed by atoms with E-state index in [1.165, 1.54) is 13.3 Å². The van der Waals surface area contributed by atoms with Crippen LogP contribution in [0.15, 0.2) is 36.5 Å². The normalized spacial score (nSPS) is 20.1. The summed E-state index contributed by atoms with van der Waals surface area (Å²) in [7, 11) is 1.51. The van der Waals surface area contributed by atoms with E-state index < -0.39 is 5.54 Å². The summed E-state index contributed by atoms with van der Waals surface area (Å²) in [5.41, 5.74) is 2.05. The molecule has 1 aliphatic rings. The Morgan fingerprint density at radius 1 is 1.18 bits per heavy atom. The molecule has 0 unspecified atom stereocenters. The molecule has 1 fully saturated rings. The zero-order valence-electron chi connectivity index (χ0n) is 20.1. The second kappa shape index (κ2) is 12.7. The zero-order valence-corrected chi connectivity index (χ0v) is 20.1. The van der Waals surface area contributed by atoms with Crippen LogP contribution in [0.2, 0.25) is 0 Å². The highest BCUT2D eigenvalue weighted by molar-refractivity contribution is 5.95. The minimum atomic E-state index is -0.507. The summed E-state index contributed by atoms with van der Waals surface area (Å²) < 4.78 is 16.6. The molecule has 1 aromatic carbocycles. The van der Waals surface area contributed by atoms with Gasteiger partial charge in [-0.3, -0.25) is 4.79 Å². The number of nitrogens with zero attached hydrogens (tertiary/aromatic N) is 1. The van der Waals surface area contributed by atoms with Gasteiger partial charge >= 0.3 is 0 Å². The number of nitrogens with one attached hydrogen (secondary N) is 1. The van der Waals surface area contributed by atoms with E-state index in [1.807, 2.05) is 18.2 Å². The molecule has 8 heteroatoms. The topological polar surface area (TPSA) is 110 Å².